The van der Waals surface area contributed by atoms with Crippen LogP contribution in [0, 0.1) is 11.8 Å². The quantitative estimate of drug-likeness (QED) is 0.316. The number of azide groups is 1. The van der Waals surface area contributed by atoms with Crippen molar-refractivity contribution in [3.63, 3.8) is 0 Å². The topological polar surface area (TPSA) is 93.5 Å². The van der Waals surface area contributed by atoms with Crippen molar-refractivity contribution in [1.82, 2.24) is 0 Å². The number of carbonyl (C=O) groups excluding carboxylic acids is 1. The molecule has 1 saturated heterocycles. The molecule has 0 aliphatic carbocycles. The Hall–Kier alpha value is -1.72. The minimum absolute atomic E-state index is 0.0505. The molecule has 7 heteroatoms. The Morgan fingerprint density at radius 1 is 1.20 bits per heavy atom. The second kappa shape index (κ2) is 11.0. The maximum absolute atomic E-state index is 10.9. The molecule has 2 aliphatic rings. The Morgan fingerprint density at radius 3 is 2.32 bits per heavy atom. The van der Waals surface area contributed by atoms with E-state index in [4.69, 9.17) is 19.7 Å². The highest BCUT2D eigenvalue weighted by molar-refractivity contribution is 5.66. The Morgan fingerprint density at radius 2 is 1.88 bits per heavy atom. The molecule has 0 bridgehead atoms. The van der Waals surface area contributed by atoms with Crippen LogP contribution in [0.1, 0.15) is 60.3 Å². The summed E-state index contributed by atoms with van der Waals surface area (Å²) in [6, 6.07) is -0.413. The van der Waals surface area contributed by atoms with Crippen LogP contribution in [0.2, 0.25) is 0 Å². The summed E-state index contributed by atoms with van der Waals surface area (Å²) in [5.41, 5.74) is 8.41. The number of esters is 1. The van der Waals surface area contributed by atoms with E-state index in [0.717, 1.165) is 6.42 Å². The molecule has 0 amide bonds. The van der Waals surface area contributed by atoms with Crippen molar-refractivity contribution in [3.05, 3.63) is 22.8 Å². The lowest BCUT2D eigenvalue weighted by Gasteiger charge is -2.35. The lowest BCUT2D eigenvalue weighted by Crippen LogP contribution is -2.42. The smallest absolute Gasteiger partial charge is 0.304 e. The highest BCUT2D eigenvalue weighted by Gasteiger charge is 2.34. The number of allylic oxidation sites excluding steroid dienone is 1. The third kappa shape index (κ3) is 7.80. The van der Waals surface area contributed by atoms with Gasteiger partial charge in [-0.1, -0.05) is 32.8 Å². The minimum Gasteiger partial charge on any atom is -0.498 e. The second-order valence-corrected chi connectivity index (χ2v) is 7.11. The van der Waals surface area contributed by atoms with Crippen molar-refractivity contribution in [2.75, 3.05) is 0 Å². The number of nitrogens with zero attached hydrogens (tertiary/aromatic N) is 3. The largest absolute Gasteiger partial charge is 0.498 e. The number of hydrogen-bond donors (Lipinski definition) is 0. The van der Waals surface area contributed by atoms with E-state index in [1.54, 1.807) is 0 Å². The van der Waals surface area contributed by atoms with E-state index in [1.165, 1.54) is 19.8 Å². The van der Waals surface area contributed by atoms with Crippen LogP contribution in [0.25, 0.3) is 10.4 Å². The van der Waals surface area contributed by atoms with Crippen molar-refractivity contribution >= 4 is 5.97 Å². The van der Waals surface area contributed by atoms with Gasteiger partial charge in [-0.2, -0.15) is 0 Å². The fourth-order valence-corrected chi connectivity index (χ4v) is 2.78. The Balaban J connectivity index is 0.000000293. The lowest BCUT2D eigenvalue weighted by molar-refractivity contribution is -0.212. The van der Waals surface area contributed by atoms with Crippen molar-refractivity contribution in [2.24, 2.45) is 17.0 Å². The van der Waals surface area contributed by atoms with Gasteiger partial charge in [0.15, 0.2) is 0 Å². The molecule has 2 heterocycles. The highest BCUT2D eigenvalue weighted by atomic mass is 16.7. The van der Waals surface area contributed by atoms with Gasteiger partial charge in [0, 0.05) is 11.8 Å². The zero-order valence-electron chi connectivity index (χ0n) is 15.9. The second-order valence-electron chi connectivity index (χ2n) is 7.11. The molecular formula is C18H31N3O4. The van der Waals surface area contributed by atoms with Crippen molar-refractivity contribution in [2.45, 2.75) is 84.8 Å². The van der Waals surface area contributed by atoms with Crippen LogP contribution in [-0.2, 0) is 19.0 Å². The van der Waals surface area contributed by atoms with Gasteiger partial charge in [-0.3, -0.25) is 4.79 Å². The van der Waals surface area contributed by atoms with Gasteiger partial charge >= 0.3 is 5.97 Å². The molecule has 0 aromatic carbocycles. The fraction of sp³-hybridized carbons (Fsp3) is 0.833. The number of ether oxygens (including phenoxy) is 3. The standard InChI is InChI=1S/C10H17N3O3.C8H14O/c1-6(2)9-5-4-8(12-13-11)10(16-9)15-7(3)14;1-7(2)8-5-3-4-6-9-8/h6,8-10H,4-5H2,1-3H3;4,6-8H,3,5H2,1-2H3/t8?,9-,10?;8-/m00/s1. The third-order valence-corrected chi connectivity index (χ3v) is 4.31. The van der Waals surface area contributed by atoms with Gasteiger partial charge in [-0.25, -0.2) is 0 Å². The van der Waals surface area contributed by atoms with Crippen molar-refractivity contribution < 1.29 is 19.0 Å². The summed E-state index contributed by atoms with van der Waals surface area (Å²) < 4.78 is 16.0. The predicted octanol–water partition coefficient (Wildman–Crippen LogP) is 4.72. The van der Waals surface area contributed by atoms with Crippen LogP contribution >= 0.6 is 0 Å². The zero-order valence-corrected chi connectivity index (χ0v) is 15.9. The van der Waals surface area contributed by atoms with E-state index in [1.807, 2.05) is 20.1 Å². The predicted molar refractivity (Wildman–Crippen MR) is 95.5 cm³/mol. The van der Waals surface area contributed by atoms with Gasteiger partial charge in [-0.15, -0.1) is 0 Å². The van der Waals surface area contributed by atoms with Gasteiger partial charge < -0.3 is 14.2 Å². The van der Waals surface area contributed by atoms with E-state index in [9.17, 15) is 4.79 Å². The van der Waals surface area contributed by atoms with Crippen LogP contribution in [0.3, 0.4) is 0 Å². The monoisotopic (exact) mass is 353 g/mol. The molecule has 2 rings (SSSR count). The molecule has 25 heavy (non-hydrogen) atoms. The maximum Gasteiger partial charge on any atom is 0.304 e. The number of rotatable bonds is 4. The van der Waals surface area contributed by atoms with Crippen LogP contribution in [0.15, 0.2) is 17.5 Å². The first-order chi connectivity index (χ1) is 11.8. The molecule has 2 unspecified atom stereocenters. The Bertz CT molecular complexity index is 487. The molecule has 2 aliphatic heterocycles. The fourth-order valence-electron chi connectivity index (χ4n) is 2.78. The maximum atomic E-state index is 10.9. The number of hydrogen-bond acceptors (Lipinski definition) is 5. The lowest BCUT2D eigenvalue weighted by atomic mass is 9.96. The summed E-state index contributed by atoms with van der Waals surface area (Å²) >= 11 is 0. The average molecular weight is 353 g/mol. The van der Waals surface area contributed by atoms with Gasteiger partial charge in [0.25, 0.3) is 0 Å². The molecule has 142 valence electrons. The summed E-state index contributed by atoms with van der Waals surface area (Å²) in [6.45, 7) is 9.80. The molecule has 0 radical (unpaired) electrons. The van der Waals surface area contributed by atoms with Crippen LogP contribution in [-0.4, -0.2) is 30.5 Å². The van der Waals surface area contributed by atoms with Crippen LogP contribution in [0.5, 0.6) is 0 Å². The Kier molecular flexibility index (Phi) is 9.39. The van der Waals surface area contributed by atoms with Crippen molar-refractivity contribution in [1.29, 1.82) is 0 Å². The molecule has 0 aromatic rings. The molecule has 0 N–H and O–H groups in total. The zero-order chi connectivity index (χ0) is 18.8. The molecule has 4 atom stereocenters. The minimum atomic E-state index is -0.741. The van der Waals surface area contributed by atoms with Gasteiger partial charge in [0.1, 0.15) is 6.10 Å². The van der Waals surface area contributed by atoms with Gasteiger partial charge in [0.2, 0.25) is 6.29 Å². The molecule has 0 aromatic heterocycles. The number of carbonyl (C=O) groups is 1. The molecule has 1 fully saturated rings. The van der Waals surface area contributed by atoms with E-state index < -0.39 is 18.3 Å². The van der Waals surface area contributed by atoms with Crippen LogP contribution in [0.4, 0.5) is 0 Å². The first kappa shape index (κ1) is 21.3. The first-order valence-electron chi connectivity index (χ1n) is 9.02. The molecule has 7 nitrogen and oxygen atoms in total. The molecule has 0 spiro atoms. The average Bonchev–Trinajstić information content (AvgIpc) is 2.57. The summed E-state index contributed by atoms with van der Waals surface area (Å²) in [5.74, 6) is 0.590. The molecule has 0 saturated carbocycles. The van der Waals surface area contributed by atoms with E-state index in [-0.39, 0.29) is 6.10 Å². The highest BCUT2D eigenvalue weighted by Crippen LogP contribution is 2.27. The van der Waals surface area contributed by atoms with E-state index in [0.29, 0.717) is 24.4 Å². The van der Waals surface area contributed by atoms with Crippen molar-refractivity contribution in [3.8, 4) is 0 Å². The third-order valence-electron chi connectivity index (χ3n) is 4.31. The van der Waals surface area contributed by atoms with Crippen LogP contribution < -0.4 is 0 Å². The van der Waals surface area contributed by atoms with Gasteiger partial charge in [0.05, 0.1) is 18.4 Å². The first-order valence-corrected chi connectivity index (χ1v) is 9.02. The summed E-state index contributed by atoms with van der Waals surface area (Å²) in [7, 11) is 0. The summed E-state index contributed by atoms with van der Waals surface area (Å²) in [5, 5.41) is 3.59. The van der Waals surface area contributed by atoms with Gasteiger partial charge in [-0.05, 0) is 49.1 Å². The van der Waals surface area contributed by atoms with E-state index >= 15 is 0 Å². The Labute approximate surface area is 150 Å². The SMILES string of the molecule is CC(=O)OC1O[C@H](C(C)C)CCC1N=[N+]=[N-].CC(C)[C@@H]1CCC=CO1. The summed E-state index contributed by atoms with van der Waals surface area (Å²) in [6.07, 6.45) is 7.56. The summed E-state index contributed by atoms with van der Waals surface area (Å²) in [4.78, 5) is 13.6. The van der Waals surface area contributed by atoms with E-state index in [2.05, 4.69) is 29.9 Å². The molecular weight excluding hydrogens is 322 g/mol. The normalized spacial score (nSPS) is 28.4.